The van der Waals surface area contributed by atoms with Crippen LogP contribution in [0.3, 0.4) is 0 Å². The molecule has 0 spiro atoms. The molecule has 0 radical (unpaired) electrons. The highest BCUT2D eigenvalue weighted by Crippen LogP contribution is 2.46. The van der Waals surface area contributed by atoms with Gasteiger partial charge in [0.05, 0.1) is 31.0 Å². The molecule has 6 nitrogen and oxygen atoms in total. The zero-order valence-electron chi connectivity index (χ0n) is 12.9. The lowest BCUT2D eigenvalue weighted by atomic mass is 10.1. The third-order valence-electron chi connectivity index (χ3n) is 3.28. The van der Waals surface area contributed by atoms with Crippen molar-refractivity contribution in [3.63, 3.8) is 0 Å². The third-order valence-corrected chi connectivity index (χ3v) is 4.45. The van der Waals surface area contributed by atoms with Gasteiger partial charge in [-0.3, -0.25) is 9.05 Å². The van der Waals surface area contributed by atoms with E-state index in [-0.39, 0.29) is 36.8 Å². The molecule has 1 rings (SSSR count). The van der Waals surface area contributed by atoms with E-state index in [0.29, 0.717) is 6.42 Å². The quantitative estimate of drug-likeness (QED) is 0.702. The number of rotatable bonds is 7. The molecule has 2 unspecified atom stereocenters. The monoisotopic (exact) mass is 310 g/mol. The second kappa shape index (κ2) is 7.34. The van der Waals surface area contributed by atoms with Crippen molar-refractivity contribution in [3.05, 3.63) is 0 Å². The average molecular weight is 310 g/mol. The maximum absolute atomic E-state index is 11.7. The van der Waals surface area contributed by atoms with Crippen LogP contribution >= 0.6 is 7.82 Å². The highest BCUT2D eigenvalue weighted by molar-refractivity contribution is 7.47. The summed E-state index contributed by atoms with van der Waals surface area (Å²) in [4.78, 5) is 9.55. The van der Waals surface area contributed by atoms with Gasteiger partial charge in [-0.1, -0.05) is 6.92 Å². The van der Waals surface area contributed by atoms with Gasteiger partial charge >= 0.3 is 7.82 Å². The fourth-order valence-corrected chi connectivity index (χ4v) is 3.48. The van der Waals surface area contributed by atoms with Gasteiger partial charge in [0.1, 0.15) is 0 Å². The molecular formula is C13H27O6P. The largest absolute Gasteiger partial charge is 0.472 e. The first-order chi connectivity index (χ1) is 9.12. The van der Waals surface area contributed by atoms with Gasteiger partial charge in [-0.05, 0) is 40.0 Å². The average Bonchev–Trinajstić information content (AvgIpc) is 2.52. The van der Waals surface area contributed by atoms with Crippen LogP contribution in [0.25, 0.3) is 0 Å². The number of phosphoric acid groups is 1. The summed E-state index contributed by atoms with van der Waals surface area (Å²) in [5.41, 5.74) is 0. The molecular weight excluding hydrogens is 283 g/mol. The normalized spacial score (nSPS) is 33.9. The van der Waals surface area contributed by atoms with E-state index in [9.17, 15) is 14.6 Å². The summed E-state index contributed by atoms with van der Waals surface area (Å²) >= 11 is 0. The number of ether oxygens (including phenoxy) is 1. The summed E-state index contributed by atoms with van der Waals surface area (Å²) in [7, 11) is -4.04. The van der Waals surface area contributed by atoms with Crippen molar-refractivity contribution in [2.75, 3.05) is 6.61 Å². The minimum absolute atomic E-state index is 0.0182. The van der Waals surface area contributed by atoms with E-state index in [4.69, 9.17) is 13.8 Å². The number of hydrogen-bond acceptors (Lipinski definition) is 5. The van der Waals surface area contributed by atoms with Crippen LogP contribution in [0, 0.1) is 11.8 Å². The van der Waals surface area contributed by atoms with E-state index in [2.05, 4.69) is 0 Å². The Balaban J connectivity index is 2.59. The molecule has 5 atom stereocenters. The van der Waals surface area contributed by atoms with Crippen LogP contribution in [0.2, 0.25) is 0 Å². The molecule has 0 heterocycles. The van der Waals surface area contributed by atoms with E-state index in [1.54, 1.807) is 13.8 Å². The van der Waals surface area contributed by atoms with E-state index < -0.39 is 13.9 Å². The minimum atomic E-state index is -4.04. The smallest absolute Gasteiger partial charge is 0.390 e. The van der Waals surface area contributed by atoms with Crippen LogP contribution in [0.1, 0.15) is 41.0 Å². The first kappa shape index (κ1) is 18.1. The summed E-state index contributed by atoms with van der Waals surface area (Å²) in [5, 5.41) is 10.1. The summed E-state index contributed by atoms with van der Waals surface area (Å²) in [6.45, 7) is 9.10. The maximum Gasteiger partial charge on any atom is 0.472 e. The molecule has 1 aliphatic rings. The SMILES string of the molecule is CC(C)OC1[C@@H](COP(=O)(O)OC(C)C)C[C@@H](C)[C@H]1O. The molecule has 0 aliphatic heterocycles. The molecule has 2 N–H and O–H groups in total. The van der Waals surface area contributed by atoms with E-state index >= 15 is 0 Å². The Bertz CT molecular complexity index is 346. The van der Waals surface area contributed by atoms with Gasteiger partial charge in [0.25, 0.3) is 0 Å². The molecule has 0 aromatic rings. The lowest BCUT2D eigenvalue weighted by Crippen LogP contribution is -2.34. The molecule has 1 saturated carbocycles. The maximum atomic E-state index is 11.7. The van der Waals surface area contributed by atoms with E-state index in [0.717, 1.165) is 0 Å². The van der Waals surface area contributed by atoms with Crippen molar-refractivity contribution in [1.82, 2.24) is 0 Å². The molecule has 1 fully saturated rings. The van der Waals surface area contributed by atoms with Crippen molar-refractivity contribution in [1.29, 1.82) is 0 Å². The second-order valence-electron chi connectivity index (χ2n) is 6.03. The van der Waals surface area contributed by atoms with Crippen molar-refractivity contribution in [2.45, 2.75) is 65.5 Å². The lowest BCUT2D eigenvalue weighted by molar-refractivity contribution is -0.0813. The van der Waals surface area contributed by atoms with Gasteiger partial charge in [-0.25, -0.2) is 4.57 Å². The Hall–Kier alpha value is 0.0300. The van der Waals surface area contributed by atoms with Crippen LogP contribution < -0.4 is 0 Å². The molecule has 0 amide bonds. The molecule has 0 aromatic carbocycles. The highest BCUT2D eigenvalue weighted by atomic mass is 31.2. The fraction of sp³-hybridized carbons (Fsp3) is 1.00. The Morgan fingerprint density at radius 2 is 1.85 bits per heavy atom. The van der Waals surface area contributed by atoms with Crippen molar-refractivity contribution in [3.8, 4) is 0 Å². The predicted molar refractivity (Wildman–Crippen MR) is 75.3 cm³/mol. The fourth-order valence-electron chi connectivity index (χ4n) is 2.51. The van der Waals surface area contributed by atoms with Gasteiger partial charge in [-0.15, -0.1) is 0 Å². The predicted octanol–water partition coefficient (Wildman–Crippen LogP) is 2.34. The Labute approximate surface area is 121 Å². The summed E-state index contributed by atoms with van der Waals surface area (Å²) in [6, 6.07) is 0. The molecule has 20 heavy (non-hydrogen) atoms. The van der Waals surface area contributed by atoms with Crippen LogP contribution in [-0.2, 0) is 18.3 Å². The van der Waals surface area contributed by atoms with Crippen LogP contribution in [0.5, 0.6) is 0 Å². The van der Waals surface area contributed by atoms with E-state index in [1.807, 2.05) is 20.8 Å². The molecule has 0 aromatic heterocycles. The number of hydrogen-bond donors (Lipinski definition) is 2. The molecule has 0 saturated heterocycles. The Kier molecular flexibility index (Phi) is 6.64. The number of aliphatic hydroxyl groups is 1. The standard InChI is InChI=1S/C13H27O6P/c1-8(2)18-13-11(6-10(5)12(13)14)7-17-20(15,16)19-9(3)4/h8-14H,6-7H2,1-5H3,(H,15,16)/t10-,11-,12-,13?/m1/s1. The first-order valence-electron chi connectivity index (χ1n) is 7.11. The zero-order chi connectivity index (χ0) is 15.5. The van der Waals surface area contributed by atoms with Crippen molar-refractivity contribution >= 4 is 7.82 Å². The topological polar surface area (TPSA) is 85.2 Å². The minimum Gasteiger partial charge on any atom is -0.390 e. The van der Waals surface area contributed by atoms with Crippen molar-refractivity contribution in [2.24, 2.45) is 11.8 Å². The van der Waals surface area contributed by atoms with Gasteiger partial charge in [0.2, 0.25) is 0 Å². The van der Waals surface area contributed by atoms with E-state index in [1.165, 1.54) is 0 Å². The van der Waals surface area contributed by atoms with Gasteiger partial charge in [-0.2, -0.15) is 0 Å². The van der Waals surface area contributed by atoms with Gasteiger partial charge < -0.3 is 14.7 Å². The summed E-state index contributed by atoms with van der Waals surface area (Å²) < 4.78 is 27.3. The zero-order valence-corrected chi connectivity index (χ0v) is 13.7. The Morgan fingerprint density at radius 1 is 1.25 bits per heavy atom. The van der Waals surface area contributed by atoms with Gasteiger partial charge in [0.15, 0.2) is 0 Å². The first-order valence-corrected chi connectivity index (χ1v) is 8.61. The number of phosphoric ester groups is 1. The molecule has 0 bridgehead atoms. The summed E-state index contributed by atoms with van der Waals surface area (Å²) in [6.07, 6.45) is -0.656. The Morgan fingerprint density at radius 3 is 2.35 bits per heavy atom. The van der Waals surface area contributed by atoms with Crippen LogP contribution in [0.15, 0.2) is 0 Å². The lowest BCUT2D eigenvalue weighted by Gasteiger charge is -2.25. The van der Waals surface area contributed by atoms with Gasteiger partial charge in [0, 0.05) is 5.92 Å². The third kappa shape index (κ3) is 5.43. The highest BCUT2D eigenvalue weighted by Gasteiger charge is 2.42. The molecule has 7 heteroatoms. The van der Waals surface area contributed by atoms with Crippen LogP contribution in [0.4, 0.5) is 0 Å². The molecule has 1 aliphatic carbocycles. The summed E-state index contributed by atoms with van der Waals surface area (Å²) in [5.74, 6) is -0.0323. The second-order valence-corrected chi connectivity index (χ2v) is 7.44. The number of aliphatic hydroxyl groups excluding tert-OH is 1. The van der Waals surface area contributed by atoms with Crippen LogP contribution in [-0.4, -0.2) is 41.0 Å². The van der Waals surface area contributed by atoms with Crippen molar-refractivity contribution < 1.29 is 28.3 Å². The molecule has 120 valence electrons.